The van der Waals surface area contributed by atoms with Crippen molar-refractivity contribution in [2.24, 2.45) is 0 Å². The van der Waals surface area contributed by atoms with Crippen LogP contribution in [-0.2, 0) is 17.8 Å². The van der Waals surface area contributed by atoms with Gasteiger partial charge < -0.3 is 34.4 Å². The van der Waals surface area contributed by atoms with Gasteiger partial charge in [-0.05, 0) is 79.9 Å². The number of aromatic nitrogens is 1. The molecule has 0 radical (unpaired) electrons. The second kappa shape index (κ2) is 11.4. The van der Waals surface area contributed by atoms with E-state index in [1.807, 2.05) is 18.2 Å². The van der Waals surface area contributed by atoms with E-state index in [0.29, 0.717) is 6.61 Å². The normalized spacial score (nSPS) is 14.4. The number of carboxylic acids is 1. The third kappa shape index (κ3) is 5.73. The van der Waals surface area contributed by atoms with Crippen molar-refractivity contribution in [3.63, 3.8) is 0 Å². The highest BCUT2D eigenvalue weighted by Crippen LogP contribution is 2.34. The largest absolute Gasteiger partial charge is 0.550 e. The molecule has 2 heterocycles. The van der Waals surface area contributed by atoms with E-state index >= 15 is 0 Å². The summed E-state index contributed by atoms with van der Waals surface area (Å²) in [5.41, 5.74) is 8.52. The molecule has 5 rings (SSSR count). The predicted molar refractivity (Wildman–Crippen MR) is 141 cm³/mol. The van der Waals surface area contributed by atoms with E-state index in [0.717, 1.165) is 48.2 Å². The highest BCUT2D eigenvalue weighted by atomic mass is 16.5. The fourth-order valence-corrected chi connectivity index (χ4v) is 4.87. The molecule has 194 valence electrons. The fourth-order valence-electron chi connectivity index (χ4n) is 4.87. The van der Waals surface area contributed by atoms with Crippen LogP contribution in [0.1, 0.15) is 46.5 Å². The van der Waals surface area contributed by atoms with Gasteiger partial charge in [0, 0.05) is 34.4 Å². The molecule has 1 aromatic heterocycles. The van der Waals surface area contributed by atoms with E-state index in [-0.39, 0.29) is 6.04 Å². The molecule has 0 saturated heterocycles. The van der Waals surface area contributed by atoms with Crippen molar-refractivity contribution in [2.45, 2.75) is 39.8 Å². The lowest BCUT2D eigenvalue weighted by Gasteiger charge is -2.23. The summed E-state index contributed by atoms with van der Waals surface area (Å²) < 4.78 is 17.3. The lowest BCUT2D eigenvalue weighted by atomic mass is 9.93. The second-order valence-corrected chi connectivity index (χ2v) is 9.23. The molecule has 1 aliphatic rings. The Kier molecular flexibility index (Phi) is 8.04. The van der Waals surface area contributed by atoms with Crippen molar-refractivity contribution < 1.29 is 29.4 Å². The number of methoxy groups -OCH3 is 2. The van der Waals surface area contributed by atoms with Gasteiger partial charge in [0.2, 0.25) is 0 Å². The van der Waals surface area contributed by atoms with Gasteiger partial charge in [0.25, 0.3) is 0 Å². The van der Waals surface area contributed by atoms with Crippen molar-refractivity contribution in [3.05, 3.63) is 88.1 Å². The summed E-state index contributed by atoms with van der Waals surface area (Å²) in [6, 6.07) is 19.1. The predicted octanol–water partition coefficient (Wildman–Crippen LogP) is 3.35. The number of aryl methyl sites for hydroxylation is 1. The number of quaternary nitrogens is 1. The van der Waals surface area contributed by atoms with Gasteiger partial charge in [-0.1, -0.05) is 12.1 Å². The average molecular weight is 503 g/mol. The smallest absolute Gasteiger partial charge is 0.153 e. The molecule has 0 spiro atoms. The highest BCUT2D eigenvalue weighted by molar-refractivity contribution is 5.86. The van der Waals surface area contributed by atoms with Gasteiger partial charge in [0.05, 0.1) is 26.5 Å². The van der Waals surface area contributed by atoms with Gasteiger partial charge >= 0.3 is 0 Å². The number of ether oxygens (including phenoxy) is 3. The van der Waals surface area contributed by atoms with Crippen LogP contribution in [0.15, 0.2) is 54.6 Å². The van der Waals surface area contributed by atoms with Gasteiger partial charge in [-0.25, -0.2) is 0 Å². The van der Waals surface area contributed by atoms with E-state index in [1.165, 1.54) is 33.3 Å². The average Bonchev–Trinajstić information content (AvgIpc) is 3.27. The van der Waals surface area contributed by atoms with Gasteiger partial charge in [-0.15, -0.1) is 0 Å². The molecule has 0 fully saturated rings. The fraction of sp³-hybridized carbons (Fsp3) is 0.300. The van der Waals surface area contributed by atoms with Crippen LogP contribution in [0.4, 0.5) is 0 Å². The lowest BCUT2D eigenvalue weighted by molar-refractivity contribution is -0.690. The first-order valence-corrected chi connectivity index (χ1v) is 12.4. The monoisotopic (exact) mass is 502 g/mol. The van der Waals surface area contributed by atoms with Crippen LogP contribution in [-0.4, -0.2) is 31.7 Å². The van der Waals surface area contributed by atoms with Gasteiger partial charge in [0.1, 0.15) is 23.9 Å². The molecule has 0 bridgehead atoms. The number of hydrogen-bond acceptors (Lipinski definition) is 5. The summed E-state index contributed by atoms with van der Waals surface area (Å²) >= 11 is 0. The van der Waals surface area contributed by atoms with E-state index in [9.17, 15) is 0 Å². The Hall–Kier alpha value is -3.97. The summed E-state index contributed by atoms with van der Waals surface area (Å²) in [5.74, 6) is 1.57. The minimum absolute atomic E-state index is 0.206. The number of benzene rings is 3. The zero-order valence-corrected chi connectivity index (χ0v) is 22.0. The summed E-state index contributed by atoms with van der Waals surface area (Å²) in [6.45, 7) is 6.69. The Morgan fingerprint density at radius 2 is 1.84 bits per heavy atom. The maximum Gasteiger partial charge on any atom is 0.153 e. The summed E-state index contributed by atoms with van der Waals surface area (Å²) in [6.07, 6.45) is 1.04. The molecule has 7 nitrogen and oxygen atoms in total. The van der Waals surface area contributed by atoms with Crippen molar-refractivity contribution in [2.75, 3.05) is 20.8 Å². The number of aromatic amines is 1. The molecule has 7 heteroatoms. The number of carbonyl (C=O) groups is 1. The van der Waals surface area contributed by atoms with Crippen LogP contribution in [0.2, 0.25) is 0 Å². The summed E-state index contributed by atoms with van der Waals surface area (Å²) in [4.78, 5) is 12.6. The Labute approximate surface area is 217 Å². The lowest BCUT2D eigenvalue weighted by Crippen LogP contribution is -2.87. The third-order valence-corrected chi connectivity index (χ3v) is 6.86. The zero-order valence-electron chi connectivity index (χ0n) is 22.0. The number of nitrogens with two attached hydrogens (primary N) is 1. The molecule has 1 unspecified atom stereocenters. The van der Waals surface area contributed by atoms with Crippen molar-refractivity contribution in [1.29, 1.82) is 0 Å². The van der Waals surface area contributed by atoms with E-state index in [4.69, 9.17) is 24.1 Å². The third-order valence-electron chi connectivity index (χ3n) is 6.86. The first-order chi connectivity index (χ1) is 17.8. The Bertz CT molecular complexity index is 1400. The zero-order chi connectivity index (χ0) is 26.5. The number of nitrogens with one attached hydrogen (secondary N) is 1. The molecule has 3 aromatic carbocycles. The molecule has 0 aliphatic carbocycles. The molecular weight excluding hydrogens is 468 g/mol. The summed E-state index contributed by atoms with van der Waals surface area (Å²) in [5, 5.41) is 12.6. The Morgan fingerprint density at radius 3 is 2.57 bits per heavy atom. The maximum absolute atomic E-state index is 8.89. The standard InChI is InChI=1S/C28H30N2O3.C2H4O2/c1-17-6-5-7-25(18(17)2)33-16-20-14-19(8-11-26(20)32-4)27-28-22(12-13-29-27)23-15-21(31-3)9-10-24(23)30-28;1-2(3)4/h5-11,14-15,27,29-30H,12-13,16H2,1-4H3;1H3,(H,3,4). The first kappa shape index (κ1) is 26.1. The number of carboxylic acid groups (broad SMARTS) is 1. The molecule has 0 saturated carbocycles. The van der Waals surface area contributed by atoms with Gasteiger partial charge in [-0.2, -0.15) is 0 Å². The SMILES string of the molecule is CC(=O)[O-].COc1ccc2[nH]c3c(c2c1)CC[NH2+]C3c1ccc(OC)c(COc2cccc(C)c2C)c1. The summed E-state index contributed by atoms with van der Waals surface area (Å²) in [7, 11) is 3.43. The number of rotatable bonds is 6. The minimum atomic E-state index is -1.08. The topological polar surface area (TPSA) is 100 Å². The Balaban J connectivity index is 0.000000747. The number of H-pyrrole nitrogens is 1. The number of hydrogen-bond donors (Lipinski definition) is 2. The molecule has 37 heavy (non-hydrogen) atoms. The van der Waals surface area contributed by atoms with Crippen LogP contribution in [0, 0.1) is 13.8 Å². The molecule has 1 aliphatic heterocycles. The van der Waals surface area contributed by atoms with E-state index in [1.54, 1.807) is 14.2 Å². The molecule has 4 aromatic rings. The van der Waals surface area contributed by atoms with Gasteiger partial charge in [0.15, 0.2) is 6.04 Å². The van der Waals surface area contributed by atoms with Crippen LogP contribution in [0.5, 0.6) is 17.2 Å². The number of fused-ring (bicyclic) bond motifs is 3. The first-order valence-electron chi connectivity index (χ1n) is 12.4. The van der Waals surface area contributed by atoms with Crippen LogP contribution in [0.25, 0.3) is 10.9 Å². The van der Waals surface area contributed by atoms with Crippen molar-refractivity contribution in [3.8, 4) is 17.2 Å². The number of aliphatic carboxylic acids is 1. The number of carbonyl (C=O) groups excluding carboxylic acids is 1. The van der Waals surface area contributed by atoms with Crippen LogP contribution < -0.4 is 24.6 Å². The van der Waals surface area contributed by atoms with E-state index < -0.39 is 5.97 Å². The minimum Gasteiger partial charge on any atom is -0.550 e. The Morgan fingerprint density at radius 1 is 1.05 bits per heavy atom. The molecule has 0 amide bonds. The van der Waals surface area contributed by atoms with E-state index in [2.05, 4.69) is 60.5 Å². The molecule has 3 N–H and O–H groups in total. The highest BCUT2D eigenvalue weighted by Gasteiger charge is 2.29. The molecule has 1 atom stereocenters. The second-order valence-electron chi connectivity index (χ2n) is 9.23. The maximum atomic E-state index is 8.89. The van der Waals surface area contributed by atoms with Crippen LogP contribution in [0.3, 0.4) is 0 Å². The van der Waals surface area contributed by atoms with Crippen LogP contribution >= 0.6 is 0 Å². The van der Waals surface area contributed by atoms with Gasteiger partial charge in [-0.3, -0.25) is 0 Å². The molecular formula is C30H34N2O5. The van der Waals surface area contributed by atoms with Crippen molar-refractivity contribution in [1.82, 2.24) is 4.98 Å². The van der Waals surface area contributed by atoms with Crippen molar-refractivity contribution >= 4 is 16.9 Å². The quantitative estimate of drug-likeness (QED) is 0.421.